The maximum Gasteiger partial charge on any atom is 0.248 e. The molecule has 5 rings (SSSR count). The van der Waals surface area contributed by atoms with Crippen LogP contribution in [-0.4, -0.2) is 96.8 Å². The fourth-order valence-electron chi connectivity index (χ4n) is 4.60. The number of benzene rings is 2. The van der Waals surface area contributed by atoms with Crippen molar-refractivity contribution in [3.8, 4) is 17.0 Å². The average Bonchev–Trinajstić information content (AvgIpc) is 3.42. The van der Waals surface area contributed by atoms with Gasteiger partial charge in [-0.25, -0.2) is 4.98 Å². The highest BCUT2D eigenvalue weighted by Crippen LogP contribution is 2.36. The molecule has 1 aliphatic heterocycles. The second-order valence-electron chi connectivity index (χ2n) is 10.1. The number of aromatic amines is 1. The maximum absolute atomic E-state index is 12.5. The molecule has 1 fully saturated rings. The number of hydrogen-bond donors (Lipinski definition) is 3. The molecule has 1 saturated heterocycles. The SMILES string of the molecule is COc1ccc(NC(=O)/C=C/CN(C)C)cc1-c1nc(Nc2cccc(N3CCN(C)CC3)c2)nc2[nH]ncc12. The van der Waals surface area contributed by atoms with E-state index in [-0.39, 0.29) is 5.91 Å². The van der Waals surface area contributed by atoms with E-state index in [1.165, 1.54) is 6.08 Å². The van der Waals surface area contributed by atoms with Gasteiger partial charge in [0.05, 0.1) is 24.4 Å². The molecule has 11 nitrogen and oxygen atoms in total. The first kappa shape index (κ1) is 27.1. The lowest BCUT2D eigenvalue weighted by Crippen LogP contribution is -2.44. The molecule has 3 N–H and O–H groups in total. The van der Waals surface area contributed by atoms with Crippen LogP contribution < -0.4 is 20.3 Å². The van der Waals surface area contributed by atoms with Crippen LogP contribution in [0.3, 0.4) is 0 Å². The highest BCUT2D eigenvalue weighted by atomic mass is 16.5. The van der Waals surface area contributed by atoms with Crippen molar-refractivity contribution in [1.82, 2.24) is 30.0 Å². The summed E-state index contributed by atoms with van der Waals surface area (Å²) >= 11 is 0. The molecule has 4 aromatic rings. The number of carbonyl (C=O) groups excluding carboxylic acids is 1. The first-order valence-electron chi connectivity index (χ1n) is 13.2. The van der Waals surface area contributed by atoms with E-state index >= 15 is 0 Å². The van der Waals surface area contributed by atoms with Gasteiger partial charge < -0.3 is 30.1 Å². The van der Waals surface area contributed by atoms with Gasteiger partial charge in [-0.15, -0.1) is 0 Å². The number of nitrogens with zero attached hydrogens (tertiary/aromatic N) is 6. The lowest BCUT2D eigenvalue weighted by Gasteiger charge is -2.34. The standard InChI is InChI=1S/C29H35N9O2/c1-36(2)12-6-9-26(39)31-21-10-11-25(40-4)23(18-21)27-24-19-30-35-28(24)34-29(33-27)32-20-7-5-8-22(17-20)38-15-13-37(3)14-16-38/h5-11,17-19H,12-16H2,1-4H3,(H,31,39)(H2,30,32,33,34,35)/b9-6+. The number of carbonyl (C=O) groups is 1. The van der Waals surface area contributed by atoms with Gasteiger partial charge in [0, 0.05) is 61.4 Å². The molecule has 1 aliphatic rings. The number of ether oxygens (including phenoxy) is 1. The van der Waals surface area contributed by atoms with Crippen molar-refractivity contribution in [2.24, 2.45) is 0 Å². The van der Waals surface area contributed by atoms with Crippen LogP contribution in [-0.2, 0) is 4.79 Å². The van der Waals surface area contributed by atoms with Crippen molar-refractivity contribution < 1.29 is 9.53 Å². The molecule has 2 aromatic carbocycles. The van der Waals surface area contributed by atoms with Crippen LogP contribution in [0.2, 0.25) is 0 Å². The van der Waals surface area contributed by atoms with Crippen LogP contribution in [0.15, 0.2) is 60.8 Å². The number of hydrogen-bond acceptors (Lipinski definition) is 9. The number of piperazine rings is 1. The van der Waals surface area contributed by atoms with E-state index in [0.717, 1.165) is 42.9 Å². The molecule has 40 heavy (non-hydrogen) atoms. The van der Waals surface area contributed by atoms with E-state index in [9.17, 15) is 4.79 Å². The van der Waals surface area contributed by atoms with Crippen molar-refractivity contribution >= 4 is 40.0 Å². The Balaban J connectivity index is 1.44. The summed E-state index contributed by atoms with van der Waals surface area (Å²) in [4.78, 5) is 28.7. The van der Waals surface area contributed by atoms with Crippen LogP contribution in [0.25, 0.3) is 22.3 Å². The summed E-state index contributed by atoms with van der Waals surface area (Å²) < 4.78 is 5.67. The second kappa shape index (κ2) is 12.1. The third-order valence-electron chi connectivity index (χ3n) is 6.74. The van der Waals surface area contributed by atoms with Crippen molar-refractivity contribution in [1.29, 1.82) is 0 Å². The van der Waals surface area contributed by atoms with E-state index in [0.29, 0.717) is 40.8 Å². The number of H-pyrrole nitrogens is 1. The van der Waals surface area contributed by atoms with Crippen LogP contribution >= 0.6 is 0 Å². The predicted octanol–water partition coefficient (Wildman–Crippen LogP) is 3.58. The highest BCUT2D eigenvalue weighted by molar-refractivity contribution is 6.00. The molecule has 3 heterocycles. The molecular formula is C29H35N9O2. The molecule has 0 aliphatic carbocycles. The summed E-state index contributed by atoms with van der Waals surface area (Å²) in [6.07, 6.45) is 5.04. The maximum atomic E-state index is 12.5. The van der Waals surface area contributed by atoms with Gasteiger partial charge in [0.25, 0.3) is 0 Å². The summed E-state index contributed by atoms with van der Waals surface area (Å²) in [7, 11) is 7.66. The van der Waals surface area contributed by atoms with E-state index in [1.54, 1.807) is 19.4 Å². The fourth-order valence-corrected chi connectivity index (χ4v) is 4.60. The lowest BCUT2D eigenvalue weighted by molar-refractivity contribution is -0.111. The summed E-state index contributed by atoms with van der Waals surface area (Å²) in [6.45, 7) is 4.72. The highest BCUT2D eigenvalue weighted by Gasteiger charge is 2.18. The molecule has 11 heteroatoms. The summed E-state index contributed by atoms with van der Waals surface area (Å²) in [5.74, 6) is 0.826. The average molecular weight is 542 g/mol. The van der Waals surface area contributed by atoms with Crippen molar-refractivity contribution in [3.63, 3.8) is 0 Å². The normalized spacial score (nSPS) is 14.3. The predicted molar refractivity (Wildman–Crippen MR) is 159 cm³/mol. The third-order valence-corrected chi connectivity index (χ3v) is 6.74. The quantitative estimate of drug-likeness (QED) is 0.274. The van der Waals surface area contributed by atoms with Crippen LogP contribution in [0.4, 0.5) is 23.0 Å². The van der Waals surface area contributed by atoms with Gasteiger partial charge in [0.15, 0.2) is 5.65 Å². The number of aromatic nitrogens is 4. The Morgan fingerprint density at radius 1 is 1.10 bits per heavy atom. The third kappa shape index (κ3) is 6.38. The Bertz CT molecular complexity index is 1510. The molecule has 0 bridgehead atoms. The summed E-state index contributed by atoms with van der Waals surface area (Å²) in [6, 6.07) is 13.7. The fraction of sp³-hybridized carbons (Fsp3) is 0.310. The number of likely N-dealkylation sites (N-methyl/N-ethyl adjacent to an activating group) is 2. The van der Waals surface area contributed by atoms with Gasteiger partial charge in [-0.05, 0) is 57.5 Å². The number of nitrogens with one attached hydrogen (secondary N) is 3. The molecule has 0 unspecified atom stereocenters. The number of anilines is 4. The zero-order valence-electron chi connectivity index (χ0n) is 23.3. The largest absolute Gasteiger partial charge is 0.496 e. The Morgan fingerprint density at radius 2 is 1.93 bits per heavy atom. The topological polar surface area (TPSA) is 115 Å². The summed E-state index contributed by atoms with van der Waals surface area (Å²) in [5.41, 5.74) is 4.60. The molecule has 2 aromatic heterocycles. The molecule has 0 spiro atoms. The minimum Gasteiger partial charge on any atom is -0.496 e. The first-order valence-corrected chi connectivity index (χ1v) is 13.2. The van der Waals surface area contributed by atoms with Gasteiger partial charge in [-0.1, -0.05) is 12.1 Å². The van der Waals surface area contributed by atoms with Gasteiger partial charge in [-0.3, -0.25) is 9.89 Å². The smallest absolute Gasteiger partial charge is 0.248 e. The number of amides is 1. The van der Waals surface area contributed by atoms with Crippen molar-refractivity contribution in [2.45, 2.75) is 0 Å². The van der Waals surface area contributed by atoms with Crippen LogP contribution in [0.1, 0.15) is 0 Å². The van der Waals surface area contributed by atoms with E-state index in [4.69, 9.17) is 9.72 Å². The number of fused-ring (bicyclic) bond motifs is 1. The Morgan fingerprint density at radius 3 is 2.70 bits per heavy atom. The Labute approximate surface area is 233 Å². The molecule has 0 radical (unpaired) electrons. The minimum absolute atomic E-state index is 0.211. The van der Waals surface area contributed by atoms with Gasteiger partial charge in [0.2, 0.25) is 11.9 Å². The Hall–Kier alpha value is -4.48. The van der Waals surface area contributed by atoms with Crippen LogP contribution in [0.5, 0.6) is 5.75 Å². The molecular weight excluding hydrogens is 506 g/mol. The molecule has 208 valence electrons. The molecule has 0 atom stereocenters. The monoisotopic (exact) mass is 541 g/mol. The number of rotatable bonds is 9. The zero-order valence-corrected chi connectivity index (χ0v) is 23.3. The second-order valence-corrected chi connectivity index (χ2v) is 10.1. The number of methoxy groups -OCH3 is 1. The zero-order chi connectivity index (χ0) is 28.1. The lowest BCUT2D eigenvalue weighted by atomic mass is 10.1. The van der Waals surface area contributed by atoms with Crippen LogP contribution in [0, 0.1) is 0 Å². The van der Waals surface area contributed by atoms with Crippen molar-refractivity contribution in [2.75, 3.05) is 76.5 Å². The van der Waals surface area contributed by atoms with Gasteiger partial charge >= 0.3 is 0 Å². The van der Waals surface area contributed by atoms with Crippen molar-refractivity contribution in [3.05, 3.63) is 60.8 Å². The van der Waals surface area contributed by atoms with E-state index in [1.807, 2.05) is 49.3 Å². The van der Waals surface area contributed by atoms with E-state index < -0.39 is 0 Å². The molecule has 1 amide bonds. The summed E-state index contributed by atoms with van der Waals surface area (Å²) in [5, 5.41) is 14.2. The van der Waals surface area contributed by atoms with E-state index in [2.05, 4.69) is 54.8 Å². The minimum atomic E-state index is -0.211. The Kier molecular flexibility index (Phi) is 8.23. The van der Waals surface area contributed by atoms with Gasteiger partial charge in [-0.2, -0.15) is 10.1 Å². The van der Waals surface area contributed by atoms with Gasteiger partial charge in [0.1, 0.15) is 5.75 Å². The molecule has 0 saturated carbocycles. The first-order chi connectivity index (χ1) is 19.4.